The van der Waals surface area contributed by atoms with E-state index >= 15 is 0 Å². The van der Waals surface area contributed by atoms with Crippen LogP contribution in [0.1, 0.15) is 0 Å². The second-order valence-electron chi connectivity index (χ2n) is 12.8. The second-order valence-corrected chi connectivity index (χ2v) is 12.8. The molecule has 0 atom stereocenters. The van der Waals surface area contributed by atoms with Gasteiger partial charge in [-0.3, -0.25) is 0 Å². The molecule has 0 fully saturated rings. The number of rotatable bonds is 9. The molecular weight excluding hydrogens is 677 g/mol. The largest absolute Gasteiger partial charge is 0.457 e. The van der Waals surface area contributed by atoms with Gasteiger partial charge in [-0.15, -0.1) is 0 Å². The first kappa shape index (κ1) is 33.2. The maximum Gasteiger partial charge on any atom is 0.164 e. The summed E-state index contributed by atoms with van der Waals surface area (Å²) in [5, 5.41) is 0. The van der Waals surface area contributed by atoms with Crippen molar-refractivity contribution >= 4 is 0 Å². The number of nitrogens with zero attached hydrogens (tertiary/aromatic N) is 6. The summed E-state index contributed by atoms with van der Waals surface area (Å²) in [5.74, 6) is 4.87. The zero-order valence-electron chi connectivity index (χ0n) is 29.6. The van der Waals surface area contributed by atoms with E-state index in [1.807, 2.05) is 158 Å². The van der Waals surface area contributed by atoms with Gasteiger partial charge in [0, 0.05) is 33.4 Å². The van der Waals surface area contributed by atoms with Gasteiger partial charge in [-0.25, -0.2) is 29.9 Å². The van der Waals surface area contributed by atoms with E-state index in [0.717, 1.165) is 44.5 Å². The van der Waals surface area contributed by atoms with Gasteiger partial charge in [0.2, 0.25) is 0 Å². The van der Waals surface area contributed by atoms with E-state index in [1.54, 1.807) is 0 Å². The summed E-state index contributed by atoms with van der Waals surface area (Å²) in [6.45, 7) is 0. The third-order valence-electron chi connectivity index (χ3n) is 9.06. The zero-order valence-corrected chi connectivity index (χ0v) is 29.6. The average molecular weight is 709 g/mol. The molecule has 0 unspecified atom stereocenters. The molecule has 260 valence electrons. The van der Waals surface area contributed by atoms with Gasteiger partial charge in [-0.1, -0.05) is 158 Å². The molecule has 0 aliphatic heterocycles. The summed E-state index contributed by atoms with van der Waals surface area (Å²) >= 11 is 0. The fraction of sp³-hybridized carbons (Fsp3) is 0. The molecule has 9 aromatic rings. The van der Waals surface area contributed by atoms with Crippen LogP contribution in [0.2, 0.25) is 0 Å². The molecule has 0 bridgehead atoms. The molecule has 0 saturated heterocycles. The Labute approximate surface area is 318 Å². The lowest BCUT2D eigenvalue weighted by molar-refractivity contribution is 0.483. The topological polar surface area (TPSA) is 86.6 Å². The molecule has 0 aliphatic rings. The fourth-order valence-electron chi connectivity index (χ4n) is 6.24. The Morgan fingerprint density at radius 1 is 0.218 bits per heavy atom. The summed E-state index contributed by atoms with van der Waals surface area (Å²) in [6, 6.07) is 64.0. The van der Waals surface area contributed by atoms with Gasteiger partial charge in [-0.05, 0) is 47.5 Å². The molecule has 7 aromatic carbocycles. The van der Waals surface area contributed by atoms with Crippen LogP contribution in [-0.4, -0.2) is 29.9 Å². The van der Waals surface area contributed by atoms with E-state index in [2.05, 4.69) is 36.4 Å². The van der Waals surface area contributed by atoms with Gasteiger partial charge in [-0.2, -0.15) is 0 Å². The predicted molar refractivity (Wildman–Crippen MR) is 218 cm³/mol. The summed E-state index contributed by atoms with van der Waals surface area (Å²) < 4.78 is 6.38. The van der Waals surface area contributed by atoms with E-state index in [9.17, 15) is 0 Å². The third-order valence-corrected chi connectivity index (χ3v) is 9.06. The highest BCUT2D eigenvalue weighted by molar-refractivity contribution is 5.71. The summed E-state index contributed by atoms with van der Waals surface area (Å²) in [6.07, 6.45) is 0. The number of hydrogen-bond acceptors (Lipinski definition) is 7. The molecule has 2 aromatic heterocycles. The van der Waals surface area contributed by atoms with Crippen LogP contribution in [-0.2, 0) is 0 Å². The molecule has 7 heteroatoms. The maximum atomic E-state index is 6.38. The molecule has 0 aliphatic carbocycles. The van der Waals surface area contributed by atoms with Gasteiger partial charge in [0.1, 0.15) is 11.5 Å². The minimum atomic E-state index is 0.551. The number of hydrogen-bond donors (Lipinski definition) is 0. The van der Waals surface area contributed by atoms with E-state index in [0.29, 0.717) is 46.4 Å². The van der Waals surface area contributed by atoms with Gasteiger partial charge in [0.25, 0.3) is 0 Å². The Morgan fingerprint density at radius 2 is 0.509 bits per heavy atom. The third kappa shape index (κ3) is 7.49. The smallest absolute Gasteiger partial charge is 0.164 e. The van der Waals surface area contributed by atoms with Crippen molar-refractivity contribution in [1.82, 2.24) is 29.9 Å². The average Bonchev–Trinajstić information content (AvgIpc) is 3.28. The predicted octanol–water partition coefficient (Wildman–Crippen LogP) is 11.5. The first-order valence-corrected chi connectivity index (χ1v) is 17.9. The summed E-state index contributed by atoms with van der Waals surface area (Å²) in [4.78, 5) is 29.3. The quantitative estimate of drug-likeness (QED) is 0.147. The lowest BCUT2D eigenvalue weighted by Crippen LogP contribution is -2.00. The summed E-state index contributed by atoms with van der Waals surface area (Å²) in [5.41, 5.74) is 7.59. The van der Waals surface area contributed by atoms with Crippen molar-refractivity contribution in [1.29, 1.82) is 0 Å². The first-order chi connectivity index (χ1) is 27.2. The van der Waals surface area contributed by atoms with Crippen LogP contribution >= 0.6 is 0 Å². The van der Waals surface area contributed by atoms with Crippen molar-refractivity contribution in [3.8, 4) is 91.0 Å². The fourth-order valence-corrected chi connectivity index (χ4v) is 6.24. The highest BCUT2D eigenvalue weighted by Gasteiger charge is 2.15. The lowest BCUT2D eigenvalue weighted by Gasteiger charge is -2.11. The van der Waals surface area contributed by atoms with Gasteiger partial charge < -0.3 is 4.74 Å². The van der Waals surface area contributed by atoms with Gasteiger partial charge in [0.15, 0.2) is 34.9 Å². The molecule has 7 nitrogen and oxygen atoms in total. The standard InChI is InChI=1S/C48H32N6O/c1-5-14-33(15-6-1)34-24-26-38(27-25-34)46-52-45(37-20-11-4-12-21-37)53-48(54-46)40-22-13-23-42(32-40)55-41-30-28-39(29-31-41)47-50-43(35-16-7-2-8-17-35)49-44(51-47)36-18-9-3-10-19-36/h1-32H. The van der Waals surface area contributed by atoms with Crippen LogP contribution in [0.15, 0.2) is 194 Å². The van der Waals surface area contributed by atoms with Crippen LogP contribution in [0, 0.1) is 0 Å². The van der Waals surface area contributed by atoms with E-state index in [1.165, 1.54) is 0 Å². The zero-order chi connectivity index (χ0) is 36.8. The SMILES string of the molecule is c1ccc(-c2ccc(-c3nc(-c4ccccc4)nc(-c4cccc(Oc5ccc(-c6nc(-c7ccccc7)nc(-c7ccccc7)n6)cc5)c4)n3)cc2)cc1. The van der Waals surface area contributed by atoms with E-state index in [-0.39, 0.29) is 0 Å². The molecule has 0 amide bonds. The van der Waals surface area contributed by atoms with Crippen molar-refractivity contribution in [3.05, 3.63) is 194 Å². The Bertz CT molecular complexity index is 2630. The molecule has 9 rings (SSSR count). The number of ether oxygens (including phenoxy) is 1. The molecule has 0 N–H and O–H groups in total. The first-order valence-electron chi connectivity index (χ1n) is 17.9. The van der Waals surface area contributed by atoms with Crippen molar-refractivity contribution in [2.24, 2.45) is 0 Å². The Hall–Kier alpha value is -7.64. The monoisotopic (exact) mass is 708 g/mol. The van der Waals surface area contributed by atoms with Crippen LogP contribution in [0.3, 0.4) is 0 Å². The van der Waals surface area contributed by atoms with Gasteiger partial charge >= 0.3 is 0 Å². The molecule has 0 spiro atoms. The molecule has 2 heterocycles. The van der Waals surface area contributed by atoms with E-state index < -0.39 is 0 Å². The van der Waals surface area contributed by atoms with Crippen molar-refractivity contribution in [2.75, 3.05) is 0 Å². The highest BCUT2D eigenvalue weighted by atomic mass is 16.5. The summed E-state index contributed by atoms with van der Waals surface area (Å²) in [7, 11) is 0. The molecule has 55 heavy (non-hydrogen) atoms. The Balaban J connectivity index is 1.01. The normalized spacial score (nSPS) is 10.9. The van der Waals surface area contributed by atoms with Gasteiger partial charge in [0.05, 0.1) is 0 Å². The molecular formula is C48H32N6O. The lowest BCUT2D eigenvalue weighted by atomic mass is 10.0. The minimum Gasteiger partial charge on any atom is -0.457 e. The number of aromatic nitrogens is 6. The van der Waals surface area contributed by atoms with Crippen LogP contribution in [0.4, 0.5) is 0 Å². The van der Waals surface area contributed by atoms with Crippen LogP contribution in [0.25, 0.3) is 79.5 Å². The highest BCUT2D eigenvalue weighted by Crippen LogP contribution is 2.31. The van der Waals surface area contributed by atoms with Crippen molar-refractivity contribution in [2.45, 2.75) is 0 Å². The Morgan fingerprint density at radius 3 is 0.927 bits per heavy atom. The minimum absolute atomic E-state index is 0.551. The van der Waals surface area contributed by atoms with Crippen LogP contribution in [0.5, 0.6) is 11.5 Å². The van der Waals surface area contributed by atoms with Crippen molar-refractivity contribution in [3.63, 3.8) is 0 Å². The van der Waals surface area contributed by atoms with Crippen molar-refractivity contribution < 1.29 is 4.74 Å². The second kappa shape index (κ2) is 15.1. The molecule has 0 saturated carbocycles. The van der Waals surface area contributed by atoms with E-state index in [4.69, 9.17) is 34.6 Å². The Kier molecular flexibility index (Phi) is 9.15. The number of benzene rings is 7. The molecule has 0 radical (unpaired) electrons. The maximum absolute atomic E-state index is 6.38. The van der Waals surface area contributed by atoms with Crippen LogP contribution < -0.4 is 4.74 Å².